The summed E-state index contributed by atoms with van der Waals surface area (Å²) in [6.45, 7) is 2.65. The van der Waals surface area contributed by atoms with Crippen LogP contribution in [0.3, 0.4) is 0 Å². The second kappa shape index (κ2) is 9.25. The summed E-state index contributed by atoms with van der Waals surface area (Å²) >= 11 is 3.43. The predicted octanol–water partition coefficient (Wildman–Crippen LogP) is 4.42. The normalized spacial score (nSPS) is 16.2. The van der Waals surface area contributed by atoms with E-state index in [9.17, 15) is 4.79 Å². The SMILES string of the molecule is Cl.O=C(NCC(c1ccco1)N1CCCCC1)c1ccccc1Br. The molecule has 3 rings (SSSR count). The van der Waals surface area contributed by atoms with E-state index in [0.29, 0.717) is 12.1 Å². The molecule has 0 aliphatic carbocycles. The van der Waals surface area contributed by atoms with Crippen LogP contribution in [0.1, 0.15) is 41.4 Å². The first-order chi connectivity index (χ1) is 11.3. The summed E-state index contributed by atoms with van der Waals surface area (Å²) in [4.78, 5) is 14.8. The van der Waals surface area contributed by atoms with Crippen LogP contribution >= 0.6 is 28.3 Å². The molecule has 0 saturated carbocycles. The van der Waals surface area contributed by atoms with E-state index >= 15 is 0 Å². The van der Waals surface area contributed by atoms with Gasteiger partial charge in [-0.2, -0.15) is 0 Å². The Hall–Kier alpha value is -1.30. The van der Waals surface area contributed by atoms with E-state index in [0.717, 1.165) is 23.3 Å². The van der Waals surface area contributed by atoms with Gasteiger partial charge in [0.05, 0.1) is 17.9 Å². The van der Waals surface area contributed by atoms with Crippen molar-refractivity contribution in [1.29, 1.82) is 0 Å². The van der Waals surface area contributed by atoms with Crippen molar-refractivity contribution in [3.8, 4) is 0 Å². The standard InChI is InChI=1S/C18H21BrN2O2.ClH/c19-15-8-3-2-7-14(15)18(22)20-13-16(17-9-6-12-23-17)21-10-4-1-5-11-21;/h2-3,6-9,12,16H,1,4-5,10-11,13H2,(H,20,22);1H. The number of hydrogen-bond donors (Lipinski definition) is 1. The highest BCUT2D eigenvalue weighted by Crippen LogP contribution is 2.25. The largest absolute Gasteiger partial charge is 0.468 e. The van der Waals surface area contributed by atoms with E-state index < -0.39 is 0 Å². The van der Waals surface area contributed by atoms with E-state index in [2.05, 4.69) is 26.1 Å². The summed E-state index contributed by atoms with van der Waals surface area (Å²) in [5.41, 5.74) is 0.657. The van der Waals surface area contributed by atoms with Gasteiger partial charge in [-0.3, -0.25) is 9.69 Å². The number of carbonyl (C=O) groups excluding carboxylic acids is 1. The highest BCUT2D eigenvalue weighted by molar-refractivity contribution is 9.10. The van der Waals surface area contributed by atoms with E-state index in [1.54, 1.807) is 6.26 Å². The van der Waals surface area contributed by atoms with Gasteiger partial charge in [0.25, 0.3) is 5.91 Å². The number of rotatable bonds is 5. The van der Waals surface area contributed by atoms with Gasteiger partial charge in [0.1, 0.15) is 5.76 Å². The molecule has 2 heterocycles. The fourth-order valence-electron chi connectivity index (χ4n) is 3.05. The van der Waals surface area contributed by atoms with Gasteiger partial charge in [0, 0.05) is 11.0 Å². The van der Waals surface area contributed by atoms with Crippen LogP contribution in [0.5, 0.6) is 0 Å². The Bertz CT molecular complexity index is 642. The van der Waals surface area contributed by atoms with Gasteiger partial charge in [0.2, 0.25) is 0 Å². The number of hydrogen-bond acceptors (Lipinski definition) is 3. The zero-order valence-corrected chi connectivity index (χ0v) is 15.8. The maximum Gasteiger partial charge on any atom is 0.252 e. The quantitative estimate of drug-likeness (QED) is 0.789. The third kappa shape index (κ3) is 4.62. The van der Waals surface area contributed by atoms with Crippen LogP contribution in [0, 0.1) is 0 Å². The van der Waals surface area contributed by atoms with Crippen molar-refractivity contribution < 1.29 is 9.21 Å². The number of nitrogens with one attached hydrogen (secondary N) is 1. The lowest BCUT2D eigenvalue weighted by molar-refractivity contribution is 0.0913. The van der Waals surface area contributed by atoms with E-state index in [1.165, 1.54) is 19.3 Å². The first-order valence-electron chi connectivity index (χ1n) is 8.06. The van der Waals surface area contributed by atoms with Crippen molar-refractivity contribution in [2.24, 2.45) is 0 Å². The fraction of sp³-hybridized carbons (Fsp3) is 0.389. The third-order valence-electron chi connectivity index (χ3n) is 4.28. The first-order valence-corrected chi connectivity index (χ1v) is 8.85. The summed E-state index contributed by atoms with van der Waals surface area (Å²) in [6, 6.07) is 11.5. The van der Waals surface area contributed by atoms with Gasteiger partial charge in [0.15, 0.2) is 0 Å². The number of amides is 1. The van der Waals surface area contributed by atoms with Crippen molar-refractivity contribution in [2.75, 3.05) is 19.6 Å². The van der Waals surface area contributed by atoms with Gasteiger partial charge in [-0.1, -0.05) is 18.6 Å². The molecule has 1 aliphatic heterocycles. The second-order valence-electron chi connectivity index (χ2n) is 5.82. The Kier molecular flexibility index (Phi) is 7.34. The molecule has 1 N–H and O–H groups in total. The first kappa shape index (κ1) is 19.0. The van der Waals surface area contributed by atoms with E-state index in [-0.39, 0.29) is 24.4 Å². The smallest absolute Gasteiger partial charge is 0.252 e. The molecule has 1 amide bonds. The highest BCUT2D eigenvalue weighted by Gasteiger charge is 2.25. The monoisotopic (exact) mass is 412 g/mol. The highest BCUT2D eigenvalue weighted by atomic mass is 79.9. The molecule has 2 aromatic rings. The predicted molar refractivity (Wildman–Crippen MR) is 101 cm³/mol. The van der Waals surface area contributed by atoms with Crippen molar-refractivity contribution >= 4 is 34.2 Å². The minimum atomic E-state index is -0.0639. The number of halogens is 2. The molecule has 6 heteroatoms. The second-order valence-corrected chi connectivity index (χ2v) is 6.67. The van der Waals surface area contributed by atoms with Gasteiger partial charge >= 0.3 is 0 Å². The van der Waals surface area contributed by atoms with Crippen molar-refractivity contribution in [3.05, 3.63) is 58.5 Å². The topological polar surface area (TPSA) is 45.5 Å². The van der Waals surface area contributed by atoms with Crippen LogP contribution in [0.25, 0.3) is 0 Å². The number of carbonyl (C=O) groups is 1. The van der Waals surface area contributed by atoms with Crippen molar-refractivity contribution in [2.45, 2.75) is 25.3 Å². The Morgan fingerprint density at radius 1 is 1.17 bits per heavy atom. The van der Waals surface area contributed by atoms with Crippen molar-refractivity contribution in [1.82, 2.24) is 10.2 Å². The molecule has 1 saturated heterocycles. The van der Waals surface area contributed by atoms with Crippen LogP contribution in [0.2, 0.25) is 0 Å². The molecule has 4 nitrogen and oxygen atoms in total. The molecular weight excluding hydrogens is 392 g/mol. The van der Waals surface area contributed by atoms with Crippen molar-refractivity contribution in [3.63, 3.8) is 0 Å². The fourth-order valence-corrected chi connectivity index (χ4v) is 3.52. The molecule has 0 spiro atoms. The zero-order valence-electron chi connectivity index (χ0n) is 13.4. The third-order valence-corrected chi connectivity index (χ3v) is 4.97. The number of furan rings is 1. The Morgan fingerprint density at radius 3 is 2.58 bits per heavy atom. The maximum atomic E-state index is 12.4. The Balaban J connectivity index is 0.00000208. The maximum absolute atomic E-state index is 12.4. The number of benzene rings is 1. The van der Waals surface area contributed by atoms with Gasteiger partial charge in [-0.05, 0) is 66.1 Å². The molecular formula is C18H22BrClN2O2. The summed E-state index contributed by atoms with van der Waals surface area (Å²) in [5.74, 6) is 0.852. The molecule has 0 bridgehead atoms. The minimum Gasteiger partial charge on any atom is -0.468 e. The van der Waals surface area contributed by atoms with Gasteiger partial charge < -0.3 is 9.73 Å². The van der Waals surface area contributed by atoms with Gasteiger partial charge in [-0.25, -0.2) is 0 Å². The summed E-state index contributed by atoms with van der Waals surface area (Å²) in [6.07, 6.45) is 5.39. The molecule has 1 aromatic heterocycles. The average molecular weight is 414 g/mol. The minimum absolute atomic E-state index is 0. The van der Waals surface area contributed by atoms with Crippen LogP contribution in [0.15, 0.2) is 51.6 Å². The number of nitrogens with zero attached hydrogens (tertiary/aromatic N) is 1. The lowest BCUT2D eigenvalue weighted by Gasteiger charge is -2.33. The van der Waals surface area contributed by atoms with Gasteiger partial charge in [-0.15, -0.1) is 12.4 Å². The lowest BCUT2D eigenvalue weighted by Crippen LogP contribution is -2.40. The number of piperidine rings is 1. The molecule has 24 heavy (non-hydrogen) atoms. The Labute approximate surface area is 157 Å². The van der Waals surface area contributed by atoms with Crippen LogP contribution in [-0.2, 0) is 0 Å². The molecule has 1 aromatic carbocycles. The van der Waals surface area contributed by atoms with E-state index in [4.69, 9.17) is 4.42 Å². The molecule has 1 fully saturated rings. The Morgan fingerprint density at radius 2 is 1.92 bits per heavy atom. The lowest BCUT2D eigenvalue weighted by atomic mass is 10.1. The summed E-state index contributed by atoms with van der Waals surface area (Å²) in [7, 11) is 0. The molecule has 1 aliphatic rings. The molecule has 130 valence electrons. The van der Waals surface area contributed by atoms with Crippen LogP contribution in [0.4, 0.5) is 0 Å². The average Bonchev–Trinajstić information content (AvgIpc) is 3.10. The molecule has 0 radical (unpaired) electrons. The molecule has 1 unspecified atom stereocenters. The van der Waals surface area contributed by atoms with E-state index in [1.807, 2.05) is 36.4 Å². The number of likely N-dealkylation sites (tertiary alicyclic amines) is 1. The van der Waals surface area contributed by atoms with Crippen LogP contribution < -0.4 is 5.32 Å². The zero-order chi connectivity index (χ0) is 16.1. The summed E-state index contributed by atoms with van der Waals surface area (Å²) in [5, 5.41) is 3.05. The van der Waals surface area contributed by atoms with Crippen LogP contribution in [-0.4, -0.2) is 30.4 Å². The molecule has 1 atom stereocenters. The summed E-state index contributed by atoms with van der Waals surface area (Å²) < 4.78 is 6.42.